The molecule has 15 heavy (non-hydrogen) atoms. The summed E-state index contributed by atoms with van der Waals surface area (Å²) in [5.74, 6) is -0.264. The highest BCUT2D eigenvalue weighted by Gasteiger charge is 1.83. The van der Waals surface area contributed by atoms with Gasteiger partial charge in [0.2, 0.25) is 0 Å². The van der Waals surface area contributed by atoms with E-state index in [4.69, 9.17) is 0 Å². The zero-order valence-corrected chi connectivity index (χ0v) is 9.40. The molecule has 0 aromatic heterocycles. The molecule has 0 aliphatic heterocycles. The Morgan fingerprint density at radius 3 is 2.27 bits per heavy atom. The lowest BCUT2D eigenvalue weighted by molar-refractivity contribution is -0.139. The van der Waals surface area contributed by atoms with Gasteiger partial charge in [-0.2, -0.15) is 0 Å². The molecule has 0 heterocycles. The summed E-state index contributed by atoms with van der Waals surface area (Å²) in [6, 6.07) is 10.5. The Labute approximate surface area is 91.6 Å². The van der Waals surface area contributed by atoms with Crippen molar-refractivity contribution in [3.05, 3.63) is 48.6 Å². The lowest BCUT2D eigenvalue weighted by Gasteiger charge is -1.90. The van der Waals surface area contributed by atoms with Gasteiger partial charge in [-0.25, -0.2) is 0 Å². The maximum atomic E-state index is 9.93. The van der Waals surface area contributed by atoms with Crippen LogP contribution in [-0.4, -0.2) is 12.6 Å². The van der Waals surface area contributed by atoms with Crippen LogP contribution in [0, 0.1) is 0 Å². The van der Waals surface area contributed by atoms with Crippen LogP contribution in [0.2, 0.25) is 0 Å². The standard InChI is InChI=1S/C8H10.C5H8O2/c1-2-8-6-4-3-5-7-8;1-3-4-7-5(2)6/h3-7H,2H2,1H3;3H,1,4H2,2H3. The molecule has 0 radical (unpaired) electrons. The molecule has 0 atom stereocenters. The van der Waals surface area contributed by atoms with Crippen LogP contribution in [0.25, 0.3) is 0 Å². The van der Waals surface area contributed by atoms with Crippen LogP contribution >= 0.6 is 0 Å². The summed E-state index contributed by atoms with van der Waals surface area (Å²) in [5, 5.41) is 0. The van der Waals surface area contributed by atoms with Crippen molar-refractivity contribution >= 4 is 5.97 Å². The molecule has 82 valence electrons. The van der Waals surface area contributed by atoms with E-state index in [0.29, 0.717) is 6.61 Å². The number of benzene rings is 1. The highest BCUT2D eigenvalue weighted by atomic mass is 16.5. The van der Waals surface area contributed by atoms with Crippen LogP contribution in [0.15, 0.2) is 43.0 Å². The van der Waals surface area contributed by atoms with Crippen LogP contribution in [0.3, 0.4) is 0 Å². The summed E-state index contributed by atoms with van der Waals surface area (Å²) < 4.78 is 4.43. The third-order valence-corrected chi connectivity index (χ3v) is 1.66. The van der Waals surface area contributed by atoms with Crippen molar-refractivity contribution in [1.29, 1.82) is 0 Å². The molecule has 0 N–H and O–H groups in total. The SMILES string of the molecule is C=CCOC(C)=O.CCc1ccccc1. The molecule has 1 aromatic carbocycles. The number of hydrogen-bond donors (Lipinski definition) is 0. The largest absolute Gasteiger partial charge is 0.462 e. The van der Waals surface area contributed by atoms with E-state index in [1.807, 2.05) is 6.07 Å². The van der Waals surface area contributed by atoms with Gasteiger partial charge in [0.15, 0.2) is 0 Å². The van der Waals surface area contributed by atoms with E-state index in [-0.39, 0.29) is 5.97 Å². The van der Waals surface area contributed by atoms with Gasteiger partial charge in [0, 0.05) is 6.92 Å². The molecular weight excluding hydrogens is 188 g/mol. The highest BCUT2D eigenvalue weighted by molar-refractivity contribution is 5.65. The first-order chi connectivity index (χ1) is 7.20. The maximum Gasteiger partial charge on any atom is 0.302 e. The average molecular weight is 206 g/mol. The highest BCUT2D eigenvalue weighted by Crippen LogP contribution is 1.96. The van der Waals surface area contributed by atoms with Gasteiger partial charge in [-0.3, -0.25) is 4.79 Å². The Morgan fingerprint density at radius 2 is 2.00 bits per heavy atom. The first kappa shape index (κ1) is 13.4. The number of hydrogen-bond acceptors (Lipinski definition) is 2. The van der Waals surface area contributed by atoms with Gasteiger partial charge in [-0.15, -0.1) is 0 Å². The number of carbonyl (C=O) groups is 1. The zero-order valence-electron chi connectivity index (χ0n) is 9.40. The number of esters is 1. The Balaban J connectivity index is 0.000000265. The van der Waals surface area contributed by atoms with Gasteiger partial charge in [-0.1, -0.05) is 49.9 Å². The molecule has 1 aromatic rings. The quantitative estimate of drug-likeness (QED) is 0.561. The van der Waals surface area contributed by atoms with Gasteiger partial charge in [-0.05, 0) is 12.0 Å². The Morgan fingerprint density at radius 1 is 1.40 bits per heavy atom. The fourth-order valence-electron chi connectivity index (χ4n) is 0.890. The molecule has 0 aliphatic rings. The summed E-state index contributed by atoms with van der Waals surface area (Å²) in [6.07, 6.45) is 2.67. The fourth-order valence-corrected chi connectivity index (χ4v) is 0.890. The molecule has 1 rings (SSSR count). The van der Waals surface area contributed by atoms with Crippen LogP contribution in [-0.2, 0) is 16.0 Å². The van der Waals surface area contributed by atoms with E-state index >= 15 is 0 Å². The normalized spacial score (nSPS) is 8.40. The molecule has 0 amide bonds. The molecule has 0 fully saturated rings. The van der Waals surface area contributed by atoms with Crippen molar-refractivity contribution in [2.24, 2.45) is 0 Å². The van der Waals surface area contributed by atoms with Crippen molar-refractivity contribution in [3.8, 4) is 0 Å². The van der Waals surface area contributed by atoms with E-state index < -0.39 is 0 Å². The second-order valence-electron chi connectivity index (χ2n) is 2.93. The Hall–Kier alpha value is -1.57. The summed E-state index contributed by atoms with van der Waals surface area (Å²) >= 11 is 0. The molecule has 2 heteroatoms. The molecule has 0 spiro atoms. The van der Waals surface area contributed by atoms with Crippen molar-refractivity contribution in [1.82, 2.24) is 0 Å². The summed E-state index contributed by atoms with van der Waals surface area (Å²) in [6.45, 7) is 7.20. The average Bonchev–Trinajstić information content (AvgIpc) is 2.28. The monoisotopic (exact) mass is 206 g/mol. The van der Waals surface area contributed by atoms with Gasteiger partial charge in [0.1, 0.15) is 6.61 Å². The first-order valence-electron chi connectivity index (χ1n) is 4.98. The van der Waals surface area contributed by atoms with Crippen molar-refractivity contribution < 1.29 is 9.53 Å². The summed E-state index contributed by atoms with van der Waals surface area (Å²) in [4.78, 5) is 9.93. The zero-order chi connectivity index (χ0) is 11.5. The predicted molar refractivity (Wildman–Crippen MR) is 62.7 cm³/mol. The third kappa shape index (κ3) is 8.75. The Kier molecular flexibility index (Phi) is 8.06. The topological polar surface area (TPSA) is 26.3 Å². The van der Waals surface area contributed by atoms with Gasteiger partial charge < -0.3 is 4.74 Å². The van der Waals surface area contributed by atoms with E-state index in [9.17, 15) is 4.79 Å². The van der Waals surface area contributed by atoms with Crippen molar-refractivity contribution in [2.45, 2.75) is 20.3 Å². The lowest BCUT2D eigenvalue weighted by atomic mass is 10.2. The van der Waals surface area contributed by atoms with E-state index in [2.05, 4.69) is 42.5 Å². The first-order valence-corrected chi connectivity index (χ1v) is 4.98. The molecule has 2 nitrogen and oxygen atoms in total. The fraction of sp³-hybridized carbons (Fsp3) is 0.308. The second-order valence-corrected chi connectivity index (χ2v) is 2.93. The minimum atomic E-state index is -0.264. The molecule has 0 bridgehead atoms. The molecule has 0 aliphatic carbocycles. The van der Waals surface area contributed by atoms with E-state index in [0.717, 1.165) is 6.42 Å². The summed E-state index contributed by atoms with van der Waals surface area (Å²) in [5.41, 5.74) is 1.41. The molecule has 0 saturated heterocycles. The predicted octanol–water partition coefficient (Wildman–Crippen LogP) is 2.98. The van der Waals surface area contributed by atoms with Crippen LogP contribution in [0.5, 0.6) is 0 Å². The number of aryl methyl sites for hydroxylation is 1. The lowest BCUT2D eigenvalue weighted by Crippen LogP contribution is -1.96. The summed E-state index contributed by atoms with van der Waals surface area (Å²) in [7, 11) is 0. The van der Waals surface area contributed by atoms with E-state index in [1.165, 1.54) is 18.6 Å². The molecular formula is C13H18O2. The molecule has 0 saturated carbocycles. The third-order valence-electron chi connectivity index (χ3n) is 1.66. The van der Waals surface area contributed by atoms with Gasteiger partial charge in [0.05, 0.1) is 0 Å². The van der Waals surface area contributed by atoms with Crippen LogP contribution < -0.4 is 0 Å². The van der Waals surface area contributed by atoms with Gasteiger partial charge >= 0.3 is 5.97 Å². The number of rotatable bonds is 3. The van der Waals surface area contributed by atoms with Gasteiger partial charge in [0.25, 0.3) is 0 Å². The number of ether oxygens (including phenoxy) is 1. The second kappa shape index (κ2) is 9.00. The minimum absolute atomic E-state index is 0.264. The van der Waals surface area contributed by atoms with Crippen LogP contribution in [0.1, 0.15) is 19.4 Å². The smallest absolute Gasteiger partial charge is 0.302 e. The minimum Gasteiger partial charge on any atom is -0.462 e. The Bertz CT molecular complexity index is 278. The molecule has 0 unspecified atom stereocenters. The number of carbonyl (C=O) groups excluding carboxylic acids is 1. The van der Waals surface area contributed by atoms with Crippen molar-refractivity contribution in [3.63, 3.8) is 0 Å². The van der Waals surface area contributed by atoms with Crippen molar-refractivity contribution in [2.75, 3.05) is 6.61 Å². The maximum absolute atomic E-state index is 9.93. The van der Waals surface area contributed by atoms with E-state index in [1.54, 1.807) is 0 Å². The van der Waals surface area contributed by atoms with Crippen LogP contribution in [0.4, 0.5) is 0 Å².